The van der Waals surface area contributed by atoms with Crippen LogP contribution in [0.15, 0.2) is 17.1 Å². The quantitative estimate of drug-likeness (QED) is 0.682. The number of carboxylic acid groups (broad SMARTS) is 1. The lowest BCUT2D eigenvalue weighted by Gasteiger charge is -2.25. The Labute approximate surface area is 182 Å². The fourth-order valence-corrected chi connectivity index (χ4v) is 4.45. The van der Waals surface area contributed by atoms with E-state index in [-0.39, 0.29) is 47.2 Å². The first kappa shape index (κ1) is 21.4. The molecule has 1 aromatic carbocycles. The van der Waals surface area contributed by atoms with E-state index in [1.807, 2.05) is 0 Å². The maximum absolute atomic E-state index is 15.3. The number of hydrogen-bond acceptors (Lipinski definition) is 7. The van der Waals surface area contributed by atoms with E-state index in [0.29, 0.717) is 31.8 Å². The van der Waals surface area contributed by atoms with Gasteiger partial charge in [-0.2, -0.15) is 5.26 Å². The van der Waals surface area contributed by atoms with Crippen LogP contribution in [0.25, 0.3) is 10.9 Å². The minimum Gasteiger partial charge on any atom is -0.449 e. The summed E-state index contributed by atoms with van der Waals surface area (Å²) in [4.78, 5) is 25.6. The van der Waals surface area contributed by atoms with E-state index < -0.39 is 23.2 Å². The van der Waals surface area contributed by atoms with Crippen LogP contribution >= 0.6 is 12.4 Å². The summed E-state index contributed by atoms with van der Waals surface area (Å²) in [6.45, 7) is 2.21. The lowest BCUT2D eigenvalue weighted by atomic mass is 10.1. The molecule has 5 rings (SSSR count). The van der Waals surface area contributed by atoms with Crippen molar-refractivity contribution in [2.24, 2.45) is 0 Å². The second kappa shape index (κ2) is 8.00. The summed E-state index contributed by atoms with van der Waals surface area (Å²) in [6, 6.07) is 3.21. The fourth-order valence-electron chi connectivity index (χ4n) is 4.45. The molecule has 1 aromatic heterocycles. The molecule has 2 saturated heterocycles. The average molecular weight is 451 g/mol. The van der Waals surface area contributed by atoms with E-state index in [4.69, 9.17) is 9.84 Å². The molecular weight excluding hydrogens is 431 g/mol. The van der Waals surface area contributed by atoms with Crippen LogP contribution in [-0.2, 0) is 4.74 Å². The van der Waals surface area contributed by atoms with Crippen LogP contribution < -0.4 is 20.4 Å². The molecule has 0 bridgehead atoms. The molecule has 0 unspecified atom stereocenters. The zero-order chi connectivity index (χ0) is 21.0. The summed E-state index contributed by atoms with van der Waals surface area (Å²) >= 11 is 0. The highest BCUT2D eigenvalue weighted by molar-refractivity contribution is 5.92. The first-order valence-corrected chi connectivity index (χ1v) is 9.80. The predicted molar refractivity (Wildman–Crippen MR) is 111 cm³/mol. The molecule has 2 N–H and O–H groups in total. The zero-order valence-corrected chi connectivity index (χ0v) is 17.2. The van der Waals surface area contributed by atoms with Crippen molar-refractivity contribution in [1.82, 2.24) is 9.88 Å². The number of rotatable bonds is 3. The largest absolute Gasteiger partial charge is 0.511 e. The SMILES string of the molecule is Cl.N#Cc1c(N2C[C@@H]3NCCO[C@H]3C2)c(F)cc2c(=O)c(OC(=O)O)cn(C3CC3)c12. The molecule has 0 spiro atoms. The van der Waals surface area contributed by atoms with Crippen LogP contribution in [-0.4, -0.2) is 54.2 Å². The molecule has 0 radical (unpaired) electrons. The molecule has 3 aliphatic rings. The molecule has 31 heavy (non-hydrogen) atoms. The molecular formula is C20H20ClFN4O5. The molecule has 2 aromatic rings. The summed E-state index contributed by atoms with van der Waals surface area (Å²) in [5.41, 5.74) is -0.241. The second-order valence-electron chi connectivity index (χ2n) is 7.79. The standard InChI is InChI=1S/C20H19FN4O5.ClH/c21-13-5-11-17(25(10-1-2-10)9-16(19(11)26)30-20(27)28)12(6-22)18(13)24-7-14-15(8-24)29-4-3-23-14;/h5,9-10,14-15,23H,1-4,7-8H2,(H,27,28);1H/t14-,15-;/m0./s1. The van der Waals surface area contributed by atoms with E-state index in [1.54, 1.807) is 9.47 Å². The minimum absolute atomic E-state index is 0. The van der Waals surface area contributed by atoms with E-state index in [9.17, 15) is 14.9 Å². The molecule has 164 valence electrons. The molecule has 11 heteroatoms. The zero-order valence-electron chi connectivity index (χ0n) is 16.3. The van der Waals surface area contributed by atoms with Crippen molar-refractivity contribution in [2.45, 2.75) is 31.0 Å². The second-order valence-corrected chi connectivity index (χ2v) is 7.79. The molecule has 2 atom stereocenters. The van der Waals surface area contributed by atoms with Crippen LogP contribution in [0.4, 0.5) is 14.9 Å². The normalized spacial score (nSPS) is 22.5. The Morgan fingerprint density at radius 2 is 2.16 bits per heavy atom. The van der Waals surface area contributed by atoms with Crippen molar-refractivity contribution >= 4 is 35.2 Å². The monoisotopic (exact) mass is 450 g/mol. The summed E-state index contributed by atoms with van der Waals surface area (Å²) in [7, 11) is 0. The highest BCUT2D eigenvalue weighted by atomic mass is 35.5. The van der Waals surface area contributed by atoms with Crippen LogP contribution in [0.2, 0.25) is 0 Å². The van der Waals surface area contributed by atoms with Crippen LogP contribution in [0.5, 0.6) is 5.75 Å². The lowest BCUT2D eigenvalue weighted by molar-refractivity contribution is 0.0212. The first-order valence-electron chi connectivity index (χ1n) is 9.80. The van der Waals surface area contributed by atoms with Crippen molar-refractivity contribution < 1.29 is 23.8 Å². The molecule has 2 aliphatic heterocycles. The van der Waals surface area contributed by atoms with Gasteiger partial charge in [0.05, 0.1) is 41.5 Å². The van der Waals surface area contributed by atoms with Gasteiger partial charge in [-0.1, -0.05) is 0 Å². The number of aromatic nitrogens is 1. The van der Waals surface area contributed by atoms with E-state index in [2.05, 4.69) is 16.1 Å². The first-order chi connectivity index (χ1) is 14.5. The van der Waals surface area contributed by atoms with Crippen LogP contribution in [0.1, 0.15) is 24.4 Å². The van der Waals surface area contributed by atoms with Gasteiger partial charge in [0.1, 0.15) is 17.4 Å². The van der Waals surface area contributed by atoms with Crippen LogP contribution in [0.3, 0.4) is 0 Å². The smallest absolute Gasteiger partial charge is 0.449 e. The maximum atomic E-state index is 15.3. The molecule has 1 aliphatic carbocycles. The average Bonchev–Trinajstić information content (AvgIpc) is 3.47. The Hall–Kier alpha value is -2.87. The number of morpholine rings is 1. The number of anilines is 1. The van der Waals surface area contributed by atoms with Crippen molar-refractivity contribution in [1.29, 1.82) is 5.26 Å². The Bertz CT molecular complexity index is 1150. The van der Waals surface area contributed by atoms with Gasteiger partial charge >= 0.3 is 6.16 Å². The summed E-state index contributed by atoms with van der Waals surface area (Å²) in [5.74, 6) is -1.10. The van der Waals surface area contributed by atoms with E-state index in [1.165, 1.54) is 6.20 Å². The van der Waals surface area contributed by atoms with Gasteiger partial charge in [0.2, 0.25) is 5.43 Å². The van der Waals surface area contributed by atoms with Gasteiger partial charge in [0.15, 0.2) is 5.75 Å². The number of pyridine rings is 1. The number of ether oxygens (including phenoxy) is 2. The maximum Gasteiger partial charge on any atom is 0.511 e. The summed E-state index contributed by atoms with van der Waals surface area (Å²) in [6.07, 6.45) is 1.21. The minimum atomic E-state index is -1.63. The summed E-state index contributed by atoms with van der Waals surface area (Å²) in [5, 5.41) is 22.2. The number of fused-ring (bicyclic) bond motifs is 2. The van der Waals surface area contributed by atoms with Gasteiger partial charge < -0.3 is 29.4 Å². The lowest BCUT2D eigenvalue weighted by Crippen LogP contribution is -2.47. The topological polar surface area (TPSA) is 117 Å². The van der Waals surface area contributed by atoms with Gasteiger partial charge in [-0.05, 0) is 18.9 Å². The Kier molecular flexibility index (Phi) is 5.51. The predicted octanol–water partition coefficient (Wildman–Crippen LogP) is 2.00. The highest BCUT2D eigenvalue weighted by Crippen LogP contribution is 2.41. The van der Waals surface area contributed by atoms with Gasteiger partial charge in [0.25, 0.3) is 0 Å². The van der Waals surface area contributed by atoms with Gasteiger partial charge in [-0.15, -0.1) is 12.4 Å². The summed E-state index contributed by atoms with van der Waals surface area (Å²) < 4.78 is 27.3. The van der Waals surface area contributed by atoms with Crippen LogP contribution in [0, 0.1) is 17.1 Å². The number of carbonyl (C=O) groups is 1. The van der Waals surface area contributed by atoms with Crippen molar-refractivity contribution in [2.75, 3.05) is 31.1 Å². The number of hydrogen-bond donors (Lipinski definition) is 2. The van der Waals surface area contributed by atoms with E-state index in [0.717, 1.165) is 18.9 Å². The molecule has 3 fully saturated rings. The molecule has 0 amide bonds. The Balaban J connectivity index is 0.00000231. The number of nitrogens with one attached hydrogen (secondary N) is 1. The number of benzene rings is 1. The molecule has 9 nitrogen and oxygen atoms in total. The third-order valence-electron chi connectivity index (χ3n) is 5.88. The third-order valence-corrected chi connectivity index (χ3v) is 5.88. The number of halogens is 2. The molecule has 3 heterocycles. The van der Waals surface area contributed by atoms with Gasteiger partial charge in [0, 0.05) is 25.7 Å². The third kappa shape index (κ3) is 3.59. The molecule has 1 saturated carbocycles. The highest BCUT2D eigenvalue weighted by Gasteiger charge is 2.38. The van der Waals surface area contributed by atoms with Crippen molar-refractivity contribution in [3.05, 3.63) is 33.9 Å². The van der Waals surface area contributed by atoms with E-state index >= 15 is 4.39 Å². The van der Waals surface area contributed by atoms with Gasteiger partial charge in [-0.3, -0.25) is 4.79 Å². The Morgan fingerprint density at radius 3 is 2.81 bits per heavy atom. The van der Waals surface area contributed by atoms with Crippen molar-refractivity contribution in [3.8, 4) is 11.8 Å². The number of nitriles is 1. The van der Waals surface area contributed by atoms with Crippen molar-refractivity contribution in [3.63, 3.8) is 0 Å². The Morgan fingerprint density at radius 1 is 1.39 bits per heavy atom. The number of nitrogens with zero attached hydrogens (tertiary/aromatic N) is 3. The van der Waals surface area contributed by atoms with Gasteiger partial charge in [-0.25, -0.2) is 9.18 Å². The fraction of sp³-hybridized carbons (Fsp3) is 0.450.